The Balaban J connectivity index is 2.17. The molecule has 1 heterocycles. The Morgan fingerprint density at radius 2 is 1.77 bits per heavy atom. The average molecular weight is 182 g/mol. The number of nitrogens with zero attached hydrogens (tertiary/aromatic N) is 1. The third-order valence-corrected chi connectivity index (χ3v) is 3.00. The normalized spacial score (nSPS) is 37.2. The second-order valence-corrected chi connectivity index (χ2v) is 4.09. The van der Waals surface area contributed by atoms with E-state index < -0.39 is 0 Å². The minimum atomic E-state index is -0.0834. The van der Waals surface area contributed by atoms with Gasteiger partial charge in [-0.3, -0.25) is 14.5 Å². The molecule has 0 aromatic heterocycles. The summed E-state index contributed by atoms with van der Waals surface area (Å²) in [5, 5.41) is 0. The number of hydrogen-bond acceptors (Lipinski definition) is 3. The fraction of sp³-hybridized carbons (Fsp3) is 0.778. The molecule has 2 unspecified atom stereocenters. The van der Waals surface area contributed by atoms with E-state index in [9.17, 15) is 9.59 Å². The lowest BCUT2D eigenvalue weighted by Crippen LogP contribution is -2.40. The summed E-state index contributed by atoms with van der Waals surface area (Å²) in [7, 11) is 0. The van der Waals surface area contributed by atoms with E-state index in [1.54, 1.807) is 0 Å². The second kappa shape index (κ2) is 2.54. The highest BCUT2D eigenvalue weighted by molar-refractivity contribution is 6.09. The number of amides is 2. The molecule has 2 aliphatic rings. The minimum Gasteiger partial charge on any atom is -0.330 e. The summed E-state index contributed by atoms with van der Waals surface area (Å²) >= 11 is 0. The van der Waals surface area contributed by atoms with Crippen molar-refractivity contribution in [3.05, 3.63) is 0 Å². The minimum absolute atomic E-state index is 0.00813. The maximum Gasteiger partial charge on any atom is 0.233 e. The molecule has 0 aromatic rings. The number of hydrogen-bond donors (Lipinski definition) is 1. The van der Waals surface area contributed by atoms with Crippen molar-refractivity contribution >= 4 is 11.8 Å². The molecule has 2 amide bonds. The van der Waals surface area contributed by atoms with Gasteiger partial charge in [-0.1, -0.05) is 0 Å². The monoisotopic (exact) mass is 182 g/mol. The van der Waals surface area contributed by atoms with Gasteiger partial charge in [-0.2, -0.15) is 0 Å². The molecule has 0 aromatic carbocycles. The second-order valence-electron chi connectivity index (χ2n) is 4.09. The topological polar surface area (TPSA) is 63.4 Å². The van der Waals surface area contributed by atoms with Crippen LogP contribution in [0.15, 0.2) is 0 Å². The highest BCUT2D eigenvalue weighted by Gasteiger charge is 2.66. The Hall–Kier alpha value is -0.900. The van der Waals surface area contributed by atoms with E-state index in [-0.39, 0.29) is 35.6 Å². The quantitative estimate of drug-likeness (QED) is 0.590. The number of nitrogens with two attached hydrogens (primary N) is 1. The van der Waals surface area contributed by atoms with Gasteiger partial charge in [-0.15, -0.1) is 0 Å². The maximum absolute atomic E-state index is 11.6. The first-order valence-electron chi connectivity index (χ1n) is 4.66. The van der Waals surface area contributed by atoms with Crippen LogP contribution in [-0.4, -0.2) is 29.3 Å². The van der Waals surface area contributed by atoms with E-state index in [4.69, 9.17) is 5.73 Å². The smallest absolute Gasteiger partial charge is 0.233 e. The van der Waals surface area contributed by atoms with Crippen LogP contribution in [0.5, 0.6) is 0 Å². The molecular weight excluding hydrogens is 168 g/mol. The van der Waals surface area contributed by atoms with Gasteiger partial charge in [-0.05, 0) is 26.3 Å². The fourth-order valence-corrected chi connectivity index (χ4v) is 2.28. The van der Waals surface area contributed by atoms with Gasteiger partial charge in [0.05, 0.1) is 11.8 Å². The van der Waals surface area contributed by atoms with E-state index in [2.05, 4.69) is 0 Å². The zero-order chi connectivity index (χ0) is 9.75. The maximum atomic E-state index is 11.6. The number of carbonyl (C=O) groups excluding carboxylic acids is 2. The van der Waals surface area contributed by atoms with Crippen LogP contribution in [0.25, 0.3) is 0 Å². The van der Waals surface area contributed by atoms with Crippen LogP contribution < -0.4 is 5.73 Å². The molecule has 2 fully saturated rings. The van der Waals surface area contributed by atoms with E-state index >= 15 is 0 Å². The molecule has 4 nitrogen and oxygen atoms in total. The van der Waals surface area contributed by atoms with Gasteiger partial charge in [0.2, 0.25) is 11.8 Å². The van der Waals surface area contributed by atoms with Crippen molar-refractivity contribution in [3.63, 3.8) is 0 Å². The highest BCUT2D eigenvalue weighted by Crippen LogP contribution is 2.53. The largest absolute Gasteiger partial charge is 0.330 e. The Morgan fingerprint density at radius 3 is 2.08 bits per heavy atom. The molecule has 1 aliphatic carbocycles. The SMILES string of the molecule is CC(C)N1C(=O)C2C(CN)C2C1=O. The predicted molar refractivity (Wildman–Crippen MR) is 46.5 cm³/mol. The van der Waals surface area contributed by atoms with Crippen molar-refractivity contribution in [1.82, 2.24) is 4.90 Å². The zero-order valence-electron chi connectivity index (χ0n) is 7.86. The van der Waals surface area contributed by atoms with Crippen molar-refractivity contribution in [2.45, 2.75) is 19.9 Å². The van der Waals surface area contributed by atoms with Gasteiger partial charge in [0.15, 0.2) is 0 Å². The Bertz CT molecular complexity index is 253. The Labute approximate surface area is 77.1 Å². The van der Waals surface area contributed by atoms with Gasteiger partial charge in [0.1, 0.15) is 0 Å². The van der Waals surface area contributed by atoms with Crippen LogP contribution in [0.1, 0.15) is 13.8 Å². The van der Waals surface area contributed by atoms with Crippen LogP contribution >= 0.6 is 0 Å². The summed E-state index contributed by atoms with van der Waals surface area (Å²) in [6.45, 7) is 4.18. The molecule has 1 saturated carbocycles. The summed E-state index contributed by atoms with van der Waals surface area (Å²) in [6.07, 6.45) is 0. The number of piperidine rings is 1. The first-order valence-corrected chi connectivity index (χ1v) is 4.66. The summed E-state index contributed by atoms with van der Waals surface area (Å²) in [5.74, 6) is -0.0595. The van der Waals surface area contributed by atoms with Gasteiger partial charge < -0.3 is 5.73 Å². The van der Waals surface area contributed by atoms with E-state index in [0.717, 1.165) is 0 Å². The molecule has 2 N–H and O–H groups in total. The molecule has 0 bridgehead atoms. The first-order chi connectivity index (χ1) is 6.09. The van der Waals surface area contributed by atoms with E-state index in [0.29, 0.717) is 6.54 Å². The van der Waals surface area contributed by atoms with Crippen molar-refractivity contribution in [2.75, 3.05) is 6.54 Å². The summed E-state index contributed by atoms with van der Waals surface area (Å²) in [4.78, 5) is 24.6. The summed E-state index contributed by atoms with van der Waals surface area (Å²) in [6, 6.07) is -0.00813. The van der Waals surface area contributed by atoms with Crippen molar-refractivity contribution in [1.29, 1.82) is 0 Å². The lowest BCUT2D eigenvalue weighted by Gasteiger charge is -2.21. The van der Waals surface area contributed by atoms with Gasteiger partial charge in [-0.25, -0.2) is 0 Å². The van der Waals surface area contributed by atoms with Crippen LogP contribution in [0.4, 0.5) is 0 Å². The molecule has 2 atom stereocenters. The molecule has 4 heteroatoms. The van der Waals surface area contributed by atoms with Gasteiger partial charge in [0, 0.05) is 6.04 Å². The lowest BCUT2D eigenvalue weighted by atomic mass is 10.2. The fourth-order valence-electron chi connectivity index (χ4n) is 2.28. The number of imide groups is 1. The molecule has 13 heavy (non-hydrogen) atoms. The zero-order valence-corrected chi connectivity index (χ0v) is 7.86. The predicted octanol–water partition coefficient (Wildman–Crippen LogP) is -0.416. The van der Waals surface area contributed by atoms with Gasteiger partial charge in [0.25, 0.3) is 0 Å². The van der Waals surface area contributed by atoms with Crippen LogP contribution in [-0.2, 0) is 9.59 Å². The Morgan fingerprint density at radius 1 is 1.31 bits per heavy atom. The third kappa shape index (κ3) is 0.950. The van der Waals surface area contributed by atoms with Crippen LogP contribution in [0.2, 0.25) is 0 Å². The Kier molecular flexibility index (Phi) is 1.70. The van der Waals surface area contributed by atoms with Crippen molar-refractivity contribution < 1.29 is 9.59 Å². The van der Waals surface area contributed by atoms with E-state index in [1.165, 1.54) is 4.90 Å². The molecule has 0 radical (unpaired) electrons. The molecule has 0 spiro atoms. The van der Waals surface area contributed by atoms with Crippen molar-refractivity contribution in [2.24, 2.45) is 23.5 Å². The summed E-state index contributed by atoms with van der Waals surface area (Å²) < 4.78 is 0. The average Bonchev–Trinajstić information content (AvgIpc) is 2.70. The standard InChI is InChI=1S/C9H14N2O2/c1-4(2)11-8(12)6-5(3-10)7(6)9(11)13/h4-7H,3,10H2,1-2H3. The first kappa shape index (κ1) is 8.69. The third-order valence-electron chi connectivity index (χ3n) is 3.00. The van der Waals surface area contributed by atoms with Crippen LogP contribution in [0.3, 0.4) is 0 Å². The molecule has 1 aliphatic heterocycles. The number of rotatable bonds is 2. The molecular formula is C9H14N2O2. The molecule has 72 valence electrons. The number of carbonyl (C=O) groups is 2. The molecule has 2 rings (SSSR count). The van der Waals surface area contributed by atoms with Crippen molar-refractivity contribution in [3.8, 4) is 0 Å². The summed E-state index contributed by atoms with van der Waals surface area (Å²) in [5.41, 5.74) is 5.45. The van der Waals surface area contributed by atoms with Gasteiger partial charge >= 0.3 is 0 Å². The highest BCUT2D eigenvalue weighted by atomic mass is 16.2. The lowest BCUT2D eigenvalue weighted by molar-refractivity contribution is -0.144. The molecule has 1 saturated heterocycles. The number of fused-ring (bicyclic) bond motifs is 1. The number of likely N-dealkylation sites (tertiary alicyclic amines) is 1. The van der Waals surface area contributed by atoms with Crippen LogP contribution in [0, 0.1) is 17.8 Å². The van der Waals surface area contributed by atoms with E-state index in [1.807, 2.05) is 13.8 Å².